The normalized spacial score (nSPS) is 13.2. The summed E-state index contributed by atoms with van der Waals surface area (Å²) in [5, 5.41) is 0. The average molecular weight is 347 g/mol. The van der Waals surface area contributed by atoms with Gasteiger partial charge in [0.15, 0.2) is 0 Å². The Morgan fingerprint density at radius 3 is 1.67 bits per heavy atom. The highest BCUT2D eigenvalue weighted by molar-refractivity contribution is 7.49. The van der Waals surface area contributed by atoms with Gasteiger partial charge in [-0.25, -0.2) is 4.57 Å². The molecule has 21 heavy (non-hydrogen) atoms. The van der Waals surface area contributed by atoms with Gasteiger partial charge in [0, 0.05) is 0 Å². The minimum atomic E-state index is -3.56. The quantitative estimate of drug-likeness (QED) is 0.493. The van der Waals surface area contributed by atoms with E-state index in [-0.39, 0.29) is 0 Å². The smallest absolute Gasteiger partial charge is 0.404 e. The molecular formula is C14H27O4PSi2. The van der Waals surface area contributed by atoms with Crippen LogP contribution in [0, 0.1) is 0 Å². The molecule has 0 saturated heterocycles. The standard InChI is InChI=1S/C14H27O4PSi2/c1-20(2,3)12-16-19(15,17-13-21(4,5)6)18-14-10-8-7-9-11-14/h7-11H,12-13H2,1-6H3. The molecule has 1 aromatic rings. The second-order valence-electron chi connectivity index (χ2n) is 7.52. The Labute approximate surface area is 130 Å². The zero-order valence-corrected chi connectivity index (χ0v) is 16.8. The van der Waals surface area contributed by atoms with Gasteiger partial charge >= 0.3 is 7.82 Å². The number of benzene rings is 1. The summed E-state index contributed by atoms with van der Waals surface area (Å²) >= 11 is 0. The molecule has 0 spiro atoms. The maximum absolute atomic E-state index is 12.9. The molecule has 7 heteroatoms. The molecule has 0 heterocycles. The van der Waals surface area contributed by atoms with E-state index < -0.39 is 24.0 Å². The van der Waals surface area contributed by atoms with E-state index in [1.54, 1.807) is 12.1 Å². The molecule has 0 aliphatic rings. The average Bonchev–Trinajstić information content (AvgIpc) is 2.34. The van der Waals surface area contributed by atoms with E-state index in [4.69, 9.17) is 13.6 Å². The van der Waals surface area contributed by atoms with E-state index in [1.165, 1.54) is 0 Å². The Morgan fingerprint density at radius 1 is 0.857 bits per heavy atom. The van der Waals surface area contributed by atoms with Gasteiger partial charge in [-0.15, -0.1) is 0 Å². The molecule has 0 aliphatic heterocycles. The highest BCUT2D eigenvalue weighted by atomic mass is 31.2. The maximum atomic E-state index is 12.9. The molecule has 120 valence electrons. The summed E-state index contributed by atoms with van der Waals surface area (Å²) in [6.07, 6.45) is 0.894. The molecule has 0 atom stereocenters. The Bertz CT molecular complexity index is 458. The molecule has 1 rings (SSSR count). The maximum Gasteiger partial charge on any atom is 0.529 e. The van der Waals surface area contributed by atoms with Gasteiger partial charge in [-0.1, -0.05) is 57.5 Å². The Morgan fingerprint density at radius 2 is 1.29 bits per heavy atom. The number of phosphoric acid groups is 1. The molecule has 0 aromatic heterocycles. The summed E-state index contributed by atoms with van der Waals surface area (Å²) < 4.78 is 29.6. The summed E-state index contributed by atoms with van der Waals surface area (Å²) in [6, 6.07) is 9.04. The first-order valence-corrected chi connectivity index (χ1v) is 16.0. The van der Waals surface area contributed by atoms with Crippen LogP contribution in [0.5, 0.6) is 5.75 Å². The van der Waals surface area contributed by atoms with Crippen LogP contribution in [0.15, 0.2) is 30.3 Å². The monoisotopic (exact) mass is 346 g/mol. The molecule has 0 saturated carbocycles. The Kier molecular flexibility index (Phi) is 6.43. The minimum Gasteiger partial charge on any atom is -0.404 e. The van der Waals surface area contributed by atoms with E-state index in [2.05, 4.69) is 39.3 Å². The van der Waals surface area contributed by atoms with Crippen LogP contribution in [-0.4, -0.2) is 28.6 Å². The second kappa shape index (κ2) is 7.24. The molecule has 0 fully saturated rings. The fraction of sp³-hybridized carbons (Fsp3) is 0.571. The van der Waals surface area contributed by atoms with Crippen LogP contribution in [-0.2, 0) is 13.6 Å². The summed E-state index contributed by atoms with van der Waals surface area (Å²) in [4.78, 5) is 0. The van der Waals surface area contributed by atoms with Crippen molar-refractivity contribution in [2.24, 2.45) is 0 Å². The second-order valence-corrected chi connectivity index (χ2v) is 19.9. The Balaban J connectivity index is 2.80. The van der Waals surface area contributed by atoms with Crippen LogP contribution in [0.4, 0.5) is 0 Å². The van der Waals surface area contributed by atoms with E-state index >= 15 is 0 Å². The van der Waals surface area contributed by atoms with Gasteiger partial charge in [-0.2, -0.15) is 0 Å². The van der Waals surface area contributed by atoms with Crippen molar-refractivity contribution in [1.29, 1.82) is 0 Å². The van der Waals surface area contributed by atoms with Gasteiger partial charge in [-0.3, -0.25) is 9.05 Å². The van der Waals surface area contributed by atoms with Crippen LogP contribution >= 0.6 is 7.82 Å². The molecule has 0 bridgehead atoms. The first kappa shape index (κ1) is 18.7. The third-order valence-electron chi connectivity index (χ3n) is 2.27. The number of para-hydroxylation sites is 1. The zero-order valence-electron chi connectivity index (χ0n) is 13.9. The summed E-state index contributed by atoms with van der Waals surface area (Å²) in [5.41, 5.74) is 0. The summed E-state index contributed by atoms with van der Waals surface area (Å²) in [5.74, 6) is 0.506. The van der Waals surface area contributed by atoms with Gasteiger partial charge < -0.3 is 4.52 Å². The lowest BCUT2D eigenvalue weighted by atomic mass is 10.3. The van der Waals surface area contributed by atoms with Crippen LogP contribution in [0.2, 0.25) is 39.3 Å². The van der Waals surface area contributed by atoms with Gasteiger partial charge in [0.2, 0.25) is 0 Å². The summed E-state index contributed by atoms with van der Waals surface area (Å²) in [6.45, 7) is 12.9. The fourth-order valence-corrected chi connectivity index (χ4v) is 6.17. The van der Waals surface area contributed by atoms with Crippen LogP contribution in [0.25, 0.3) is 0 Å². The molecule has 0 amide bonds. The van der Waals surface area contributed by atoms with Crippen molar-refractivity contribution in [3.8, 4) is 5.75 Å². The van der Waals surface area contributed by atoms with E-state index in [0.29, 0.717) is 18.2 Å². The first-order valence-electron chi connectivity index (χ1n) is 7.13. The molecule has 0 aliphatic carbocycles. The van der Waals surface area contributed by atoms with Crippen LogP contribution in [0.1, 0.15) is 0 Å². The molecule has 0 unspecified atom stereocenters. The third kappa shape index (κ3) is 8.58. The third-order valence-corrected chi connectivity index (χ3v) is 6.10. The highest BCUT2D eigenvalue weighted by Gasteiger charge is 2.33. The number of hydrogen-bond donors (Lipinski definition) is 0. The van der Waals surface area contributed by atoms with Crippen molar-refractivity contribution in [2.75, 3.05) is 12.5 Å². The molecule has 0 N–H and O–H groups in total. The van der Waals surface area contributed by atoms with Crippen LogP contribution < -0.4 is 4.52 Å². The van der Waals surface area contributed by atoms with Crippen LogP contribution in [0.3, 0.4) is 0 Å². The van der Waals surface area contributed by atoms with E-state index in [9.17, 15) is 4.57 Å². The van der Waals surface area contributed by atoms with Gasteiger partial charge in [0.05, 0.1) is 28.6 Å². The largest absolute Gasteiger partial charge is 0.529 e. The van der Waals surface area contributed by atoms with Crippen molar-refractivity contribution in [1.82, 2.24) is 0 Å². The number of phosphoric ester groups is 1. The zero-order chi connectivity index (χ0) is 16.1. The van der Waals surface area contributed by atoms with Gasteiger partial charge in [-0.05, 0) is 12.1 Å². The van der Waals surface area contributed by atoms with E-state index in [1.807, 2.05) is 18.2 Å². The highest BCUT2D eigenvalue weighted by Crippen LogP contribution is 2.50. The molecule has 0 radical (unpaired) electrons. The molecule has 1 aromatic carbocycles. The van der Waals surface area contributed by atoms with E-state index in [0.717, 1.165) is 0 Å². The van der Waals surface area contributed by atoms with Gasteiger partial charge in [0.1, 0.15) is 5.75 Å². The molecule has 4 nitrogen and oxygen atoms in total. The Hall–Kier alpha value is -0.396. The van der Waals surface area contributed by atoms with Crippen molar-refractivity contribution in [3.63, 3.8) is 0 Å². The number of hydrogen-bond acceptors (Lipinski definition) is 4. The lowest BCUT2D eigenvalue weighted by Gasteiger charge is -2.25. The predicted octanol–water partition coefficient (Wildman–Crippen LogP) is 4.96. The van der Waals surface area contributed by atoms with Gasteiger partial charge in [0.25, 0.3) is 0 Å². The summed E-state index contributed by atoms with van der Waals surface area (Å²) in [7, 11) is -6.57. The van der Waals surface area contributed by atoms with Crippen molar-refractivity contribution < 1.29 is 18.1 Å². The lowest BCUT2D eigenvalue weighted by molar-refractivity contribution is 0.189. The minimum absolute atomic E-state index is 0.447. The molecular weight excluding hydrogens is 319 g/mol. The van der Waals surface area contributed by atoms with Crippen molar-refractivity contribution in [2.45, 2.75) is 39.3 Å². The number of rotatable bonds is 8. The van der Waals surface area contributed by atoms with Crippen molar-refractivity contribution >= 4 is 24.0 Å². The lowest BCUT2D eigenvalue weighted by Crippen LogP contribution is -2.30. The SMILES string of the molecule is C[Si](C)(C)COP(=O)(OC[Si](C)(C)C)Oc1ccccc1. The van der Waals surface area contributed by atoms with Crippen molar-refractivity contribution in [3.05, 3.63) is 30.3 Å². The topological polar surface area (TPSA) is 44.8 Å². The predicted molar refractivity (Wildman–Crippen MR) is 93.3 cm³/mol. The first-order chi connectivity index (χ1) is 9.49. The fourth-order valence-electron chi connectivity index (χ4n) is 1.25.